The summed E-state index contributed by atoms with van der Waals surface area (Å²) in [6.07, 6.45) is 7.73. The summed E-state index contributed by atoms with van der Waals surface area (Å²) in [6.45, 7) is 5.38. The average Bonchev–Trinajstić information content (AvgIpc) is 2.92. The molecule has 3 fully saturated rings. The number of morpholine rings is 1. The maximum atomic E-state index is 13.4. The lowest BCUT2D eigenvalue weighted by Crippen LogP contribution is -2.60. The van der Waals surface area contributed by atoms with Gasteiger partial charge in [-0.2, -0.15) is 0 Å². The van der Waals surface area contributed by atoms with Crippen LogP contribution in [-0.4, -0.2) is 73.1 Å². The summed E-state index contributed by atoms with van der Waals surface area (Å²) >= 11 is 0. The topological polar surface area (TPSA) is 61.9 Å². The van der Waals surface area contributed by atoms with Crippen LogP contribution in [0.15, 0.2) is 42.5 Å². The molecule has 1 aliphatic carbocycles. The van der Waals surface area contributed by atoms with Crippen LogP contribution in [0.5, 0.6) is 0 Å². The number of rotatable bonds is 5. The van der Waals surface area contributed by atoms with E-state index in [0.717, 1.165) is 68.3 Å². The molecule has 2 saturated heterocycles. The van der Waals surface area contributed by atoms with E-state index in [0.29, 0.717) is 19.6 Å². The van der Waals surface area contributed by atoms with Gasteiger partial charge in [0.15, 0.2) is 0 Å². The molecule has 2 heterocycles. The molecule has 34 heavy (non-hydrogen) atoms. The number of carbonyl (C=O) groups is 2. The highest BCUT2D eigenvalue weighted by Crippen LogP contribution is 2.34. The summed E-state index contributed by atoms with van der Waals surface area (Å²) in [5, 5.41) is 5.38. The summed E-state index contributed by atoms with van der Waals surface area (Å²) < 4.78 is 5.59. The molecule has 2 aromatic rings. The maximum absolute atomic E-state index is 13.4. The molecule has 6 nitrogen and oxygen atoms in total. The SMILES string of the molecule is O=C(NCC1(N2CCOCC2)CCCCC1)[C@H]1CCCN(C(=O)c2cccc3ccccc23)C1. The van der Waals surface area contributed by atoms with E-state index in [4.69, 9.17) is 4.74 Å². The predicted molar refractivity (Wildman–Crippen MR) is 134 cm³/mol. The zero-order valence-corrected chi connectivity index (χ0v) is 20.1. The molecular weight excluding hydrogens is 426 g/mol. The van der Waals surface area contributed by atoms with Crippen molar-refractivity contribution in [2.75, 3.05) is 45.9 Å². The second-order valence-corrected chi connectivity index (χ2v) is 10.2. The summed E-state index contributed by atoms with van der Waals surface area (Å²) in [5.41, 5.74) is 0.790. The number of hydrogen-bond donors (Lipinski definition) is 1. The largest absolute Gasteiger partial charge is 0.379 e. The lowest BCUT2D eigenvalue weighted by atomic mass is 9.79. The molecule has 0 aromatic heterocycles. The Labute approximate surface area is 202 Å². The molecule has 6 heteroatoms. The van der Waals surface area contributed by atoms with Crippen molar-refractivity contribution in [2.24, 2.45) is 5.92 Å². The molecule has 182 valence electrons. The van der Waals surface area contributed by atoms with Crippen molar-refractivity contribution in [3.8, 4) is 0 Å². The van der Waals surface area contributed by atoms with Crippen LogP contribution >= 0.6 is 0 Å². The first-order chi connectivity index (χ1) is 16.7. The number of benzene rings is 2. The molecule has 2 aliphatic heterocycles. The number of amides is 2. The van der Waals surface area contributed by atoms with Crippen LogP contribution in [-0.2, 0) is 9.53 Å². The normalized spacial score (nSPS) is 23.5. The Hall–Kier alpha value is -2.44. The Morgan fingerprint density at radius 3 is 2.53 bits per heavy atom. The number of piperidine rings is 1. The summed E-state index contributed by atoms with van der Waals surface area (Å²) in [6, 6.07) is 13.9. The van der Waals surface area contributed by atoms with Crippen molar-refractivity contribution in [3.63, 3.8) is 0 Å². The first kappa shape index (κ1) is 23.3. The third kappa shape index (κ3) is 4.84. The first-order valence-electron chi connectivity index (χ1n) is 13.0. The third-order valence-corrected chi connectivity index (χ3v) is 8.16. The monoisotopic (exact) mass is 463 g/mol. The van der Waals surface area contributed by atoms with Gasteiger partial charge in [-0.15, -0.1) is 0 Å². The Morgan fingerprint density at radius 2 is 1.71 bits per heavy atom. The van der Waals surface area contributed by atoms with E-state index in [-0.39, 0.29) is 23.3 Å². The number of carbonyl (C=O) groups excluding carboxylic acids is 2. The van der Waals surface area contributed by atoms with Crippen molar-refractivity contribution < 1.29 is 14.3 Å². The quantitative estimate of drug-likeness (QED) is 0.732. The van der Waals surface area contributed by atoms with E-state index in [2.05, 4.69) is 10.2 Å². The molecule has 3 aliphatic rings. The Bertz CT molecular complexity index is 1010. The van der Waals surface area contributed by atoms with Gasteiger partial charge in [-0.1, -0.05) is 55.7 Å². The Kier molecular flexibility index (Phi) is 7.16. The van der Waals surface area contributed by atoms with Crippen LogP contribution < -0.4 is 5.32 Å². The van der Waals surface area contributed by atoms with Gasteiger partial charge in [-0.3, -0.25) is 14.5 Å². The van der Waals surface area contributed by atoms with Crippen LogP contribution in [0.3, 0.4) is 0 Å². The molecule has 0 radical (unpaired) electrons. The molecule has 1 N–H and O–H groups in total. The smallest absolute Gasteiger partial charge is 0.254 e. The third-order valence-electron chi connectivity index (χ3n) is 8.16. The fourth-order valence-electron chi connectivity index (χ4n) is 6.21. The highest BCUT2D eigenvalue weighted by Gasteiger charge is 2.39. The molecule has 1 saturated carbocycles. The number of ether oxygens (including phenoxy) is 1. The fourth-order valence-corrected chi connectivity index (χ4v) is 6.21. The van der Waals surface area contributed by atoms with Gasteiger partial charge in [-0.25, -0.2) is 0 Å². The standard InChI is InChI=1S/C28H37N3O3/c32-26(29-21-28(13-4-1-5-14-28)31-16-18-34-19-17-31)23-10-7-15-30(20-23)27(33)25-12-6-9-22-8-2-3-11-24(22)25/h2-3,6,8-9,11-12,23H,1,4-5,7,10,13-21H2,(H,29,32)/t23-/m0/s1. The van der Waals surface area contributed by atoms with Gasteiger partial charge in [-0.05, 0) is 42.5 Å². The molecule has 0 unspecified atom stereocenters. The van der Waals surface area contributed by atoms with Gasteiger partial charge in [0.1, 0.15) is 0 Å². The number of likely N-dealkylation sites (tertiary alicyclic amines) is 1. The predicted octanol–water partition coefficient (Wildman–Crippen LogP) is 3.84. The molecule has 5 rings (SSSR count). The van der Waals surface area contributed by atoms with E-state index in [1.54, 1.807) is 0 Å². The highest BCUT2D eigenvalue weighted by atomic mass is 16.5. The molecule has 0 spiro atoms. The highest BCUT2D eigenvalue weighted by molar-refractivity contribution is 6.07. The van der Waals surface area contributed by atoms with Crippen LogP contribution in [0.4, 0.5) is 0 Å². The van der Waals surface area contributed by atoms with Crippen molar-refractivity contribution in [1.82, 2.24) is 15.1 Å². The van der Waals surface area contributed by atoms with Gasteiger partial charge < -0.3 is 15.0 Å². The van der Waals surface area contributed by atoms with Crippen molar-refractivity contribution in [1.29, 1.82) is 0 Å². The summed E-state index contributed by atoms with van der Waals surface area (Å²) in [4.78, 5) is 31.2. The van der Waals surface area contributed by atoms with E-state index in [1.165, 1.54) is 19.3 Å². The van der Waals surface area contributed by atoms with Gasteiger partial charge in [0.2, 0.25) is 5.91 Å². The van der Waals surface area contributed by atoms with Crippen molar-refractivity contribution in [2.45, 2.75) is 50.5 Å². The lowest BCUT2D eigenvalue weighted by Gasteiger charge is -2.48. The van der Waals surface area contributed by atoms with Gasteiger partial charge in [0.25, 0.3) is 5.91 Å². The Balaban J connectivity index is 1.24. The molecule has 2 amide bonds. The second-order valence-electron chi connectivity index (χ2n) is 10.2. The number of fused-ring (bicyclic) bond motifs is 1. The minimum absolute atomic E-state index is 0.0337. The van der Waals surface area contributed by atoms with E-state index in [1.807, 2.05) is 47.4 Å². The summed E-state index contributed by atoms with van der Waals surface area (Å²) in [5.74, 6) is -0.00185. The van der Waals surface area contributed by atoms with E-state index in [9.17, 15) is 9.59 Å². The number of nitrogens with one attached hydrogen (secondary N) is 1. The van der Waals surface area contributed by atoms with Gasteiger partial charge >= 0.3 is 0 Å². The van der Waals surface area contributed by atoms with Crippen LogP contribution in [0, 0.1) is 5.92 Å². The first-order valence-corrected chi connectivity index (χ1v) is 13.0. The minimum atomic E-state index is -0.141. The molecular formula is C28H37N3O3. The van der Waals surface area contributed by atoms with Gasteiger partial charge in [0.05, 0.1) is 19.1 Å². The van der Waals surface area contributed by atoms with Crippen molar-refractivity contribution in [3.05, 3.63) is 48.0 Å². The zero-order valence-electron chi connectivity index (χ0n) is 20.1. The Morgan fingerprint density at radius 1 is 0.941 bits per heavy atom. The van der Waals surface area contributed by atoms with Crippen LogP contribution in [0.1, 0.15) is 55.3 Å². The number of hydrogen-bond acceptors (Lipinski definition) is 4. The zero-order chi connectivity index (χ0) is 23.4. The van der Waals surface area contributed by atoms with Crippen LogP contribution in [0.25, 0.3) is 10.8 Å². The van der Waals surface area contributed by atoms with Crippen LogP contribution in [0.2, 0.25) is 0 Å². The molecule has 1 atom stereocenters. The lowest BCUT2D eigenvalue weighted by molar-refractivity contribution is -0.127. The average molecular weight is 464 g/mol. The van der Waals surface area contributed by atoms with E-state index >= 15 is 0 Å². The molecule has 0 bridgehead atoms. The second kappa shape index (κ2) is 10.4. The van der Waals surface area contributed by atoms with Crippen molar-refractivity contribution >= 4 is 22.6 Å². The summed E-state index contributed by atoms with van der Waals surface area (Å²) in [7, 11) is 0. The minimum Gasteiger partial charge on any atom is -0.379 e. The van der Waals surface area contributed by atoms with E-state index < -0.39 is 0 Å². The molecule has 2 aromatic carbocycles. The fraction of sp³-hybridized carbons (Fsp3) is 0.571. The maximum Gasteiger partial charge on any atom is 0.254 e. The van der Waals surface area contributed by atoms with Gasteiger partial charge in [0, 0.05) is 43.8 Å². The number of nitrogens with zero attached hydrogens (tertiary/aromatic N) is 2.